The summed E-state index contributed by atoms with van der Waals surface area (Å²) in [6.07, 6.45) is 0. The Labute approximate surface area is 115 Å². The number of carboxylic acid groups (broad SMARTS) is 1. The number of rotatable bonds is 2. The summed E-state index contributed by atoms with van der Waals surface area (Å²) in [5.41, 5.74) is 3.67. The van der Waals surface area contributed by atoms with Crippen molar-refractivity contribution in [2.45, 2.75) is 13.8 Å². The normalized spacial score (nSPS) is 11.2. The van der Waals surface area contributed by atoms with Crippen LogP contribution in [0.1, 0.15) is 21.8 Å². The molecule has 3 rings (SSSR count). The van der Waals surface area contributed by atoms with E-state index in [1.165, 1.54) is 0 Å². The molecule has 2 heterocycles. The largest absolute Gasteiger partial charge is 0.476 e. The molecule has 0 saturated carbocycles. The van der Waals surface area contributed by atoms with Crippen LogP contribution in [-0.2, 0) is 7.05 Å². The van der Waals surface area contributed by atoms with Crippen LogP contribution in [0.4, 0.5) is 0 Å². The molecular formula is C15H14N2O3. The van der Waals surface area contributed by atoms with Crippen LogP contribution in [0.25, 0.3) is 22.2 Å². The number of aromatic carboxylic acids is 1. The van der Waals surface area contributed by atoms with Gasteiger partial charge in [0, 0.05) is 18.0 Å². The van der Waals surface area contributed by atoms with Crippen LogP contribution in [0.2, 0.25) is 0 Å². The number of nitrogens with zero attached hydrogens (tertiary/aromatic N) is 2. The van der Waals surface area contributed by atoms with Crippen LogP contribution >= 0.6 is 0 Å². The van der Waals surface area contributed by atoms with Crippen molar-refractivity contribution in [3.8, 4) is 11.3 Å². The molecule has 0 amide bonds. The summed E-state index contributed by atoms with van der Waals surface area (Å²) in [4.78, 5) is 11.0. The summed E-state index contributed by atoms with van der Waals surface area (Å²) in [5, 5.41) is 14.0. The number of fused-ring (bicyclic) bond motifs is 1. The van der Waals surface area contributed by atoms with Crippen LogP contribution in [0.3, 0.4) is 0 Å². The van der Waals surface area contributed by atoms with Crippen LogP contribution in [0.15, 0.2) is 28.7 Å². The molecule has 1 N–H and O–H groups in total. The minimum atomic E-state index is -1.02. The van der Waals surface area contributed by atoms with Gasteiger partial charge in [0.1, 0.15) is 11.3 Å². The highest BCUT2D eigenvalue weighted by atomic mass is 16.4. The van der Waals surface area contributed by atoms with Crippen molar-refractivity contribution < 1.29 is 14.3 Å². The predicted octanol–water partition coefficient (Wildman–Crippen LogP) is 3.15. The van der Waals surface area contributed by atoms with Crippen LogP contribution in [0.5, 0.6) is 0 Å². The van der Waals surface area contributed by atoms with E-state index in [0.717, 1.165) is 33.6 Å². The fourth-order valence-corrected chi connectivity index (χ4v) is 2.34. The molecule has 102 valence electrons. The van der Waals surface area contributed by atoms with Crippen molar-refractivity contribution in [3.05, 3.63) is 41.3 Å². The van der Waals surface area contributed by atoms with E-state index in [9.17, 15) is 4.79 Å². The third kappa shape index (κ3) is 1.79. The van der Waals surface area contributed by atoms with Gasteiger partial charge in [-0.25, -0.2) is 4.79 Å². The van der Waals surface area contributed by atoms with Crippen molar-refractivity contribution in [3.63, 3.8) is 0 Å². The van der Waals surface area contributed by atoms with Crippen molar-refractivity contribution in [1.29, 1.82) is 0 Å². The maximum atomic E-state index is 11.0. The fraction of sp³-hybridized carbons (Fsp3) is 0.200. The summed E-state index contributed by atoms with van der Waals surface area (Å²) in [6, 6.07) is 7.39. The van der Waals surface area contributed by atoms with E-state index >= 15 is 0 Å². The average molecular weight is 270 g/mol. The van der Waals surface area contributed by atoms with Gasteiger partial charge in [0.25, 0.3) is 0 Å². The summed E-state index contributed by atoms with van der Waals surface area (Å²) in [7, 11) is 1.74. The first-order valence-corrected chi connectivity index (χ1v) is 6.25. The number of carbonyl (C=O) groups is 1. The van der Waals surface area contributed by atoms with Gasteiger partial charge in [0.15, 0.2) is 5.69 Å². The van der Waals surface area contributed by atoms with Gasteiger partial charge >= 0.3 is 5.97 Å². The Morgan fingerprint density at radius 2 is 2.05 bits per heavy atom. The third-order valence-electron chi connectivity index (χ3n) is 3.57. The second-order valence-corrected chi connectivity index (χ2v) is 4.84. The summed E-state index contributed by atoms with van der Waals surface area (Å²) >= 11 is 0. The number of benzene rings is 1. The van der Waals surface area contributed by atoms with E-state index in [1.54, 1.807) is 17.8 Å². The van der Waals surface area contributed by atoms with Gasteiger partial charge in [-0.3, -0.25) is 4.68 Å². The molecule has 3 aromatic rings. The molecule has 1 aromatic carbocycles. The second-order valence-electron chi connectivity index (χ2n) is 4.84. The molecule has 5 heteroatoms. The summed E-state index contributed by atoms with van der Waals surface area (Å²) in [5.74, 6) is -0.128. The summed E-state index contributed by atoms with van der Waals surface area (Å²) < 4.78 is 7.22. The Morgan fingerprint density at radius 3 is 2.70 bits per heavy atom. The monoisotopic (exact) mass is 270 g/mol. The molecule has 0 aliphatic rings. The van der Waals surface area contributed by atoms with Crippen molar-refractivity contribution in [2.75, 3.05) is 0 Å². The van der Waals surface area contributed by atoms with Gasteiger partial charge in [-0.15, -0.1) is 0 Å². The van der Waals surface area contributed by atoms with Gasteiger partial charge in [0.05, 0.1) is 5.69 Å². The molecule has 0 radical (unpaired) electrons. The van der Waals surface area contributed by atoms with Crippen LogP contribution in [0, 0.1) is 13.8 Å². The van der Waals surface area contributed by atoms with Gasteiger partial charge in [0.2, 0.25) is 0 Å². The zero-order valence-corrected chi connectivity index (χ0v) is 11.5. The number of furan rings is 1. The van der Waals surface area contributed by atoms with Crippen LogP contribution in [-0.4, -0.2) is 20.9 Å². The van der Waals surface area contributed by atoms with Gasteiger partial charge < -0.3 is 9.52 Å². The van der Waals surface area contributed by atoms with Gasteiger partial charge in [-0.2, -0.15) is 5.10 Å². The first-order chi connectivity index (χ1) is 9.47. The molecule has 0 fully saturated rings. The Kier molecular flexibility index (Phi) is 2.64. The highest BCUT2D eigenvalue weighted by molar-refractivity contribution is 5.89. The number of carboxylic acids is 1. The quantitative estimate of drug-likeness (QED) is 0.776. The van der Waals surface area contributed by atoms with E-state index in [0.29, 0.717) is 0 Å². The maximum absolute atomic E-state index is 11.0. The molecule has 0 aliphatic heterocycles. The molecule has 0 saturated heterocycles. The Balaban J connectivity index is 2.19. The van der Waals surface area contributed by atoms with Crippen LogP contribution < -0.4 is 0 Å². The Morgan fingerprint density at radius 1 is 1.30 bits per heavy atom. The minimum absolute atomic E-state index is 0.0442. The first-order valence-electron chi connectivity index (χ1n) is 6.25. The zero-order chi connectivity index (χ0) is 14.4. The number of hydrogen-bond acceptors (Lipinski definition) is 3. The maximum Gasteiger partial charge on any atom is 0.356 e. The Bertz CT molecular complexity index is 827. The van der Waals surface area contributed by atoms with E-state index < -0.39 is 5.97 Å². The number of hydrogen-bond donors (Lipinski definition) is 1. The Hall–Kier alpha value is -2.56. The van der Waals surface area contributed by atoms with E-state index in [1.807, 2.05) is 32.0 Å². The lowest BCUT2D eigenvalue weighted by molar-refractivity contribution is 0.0689. The van der Waals surface area contributed by atoms with Gasteiger partial charge in [-0.1, -0.05) is 0 Å². The molecule has 0 spiro atoms. The van der Waals surface area contributed by atoms with E-state index in [-0.39, 0.29) is 5.69 Å². The lowest BCUT2D eigenvalue weighted by Crippen LogP contribution is -1.99. The molecule has 20 heavy (non-hydrogen) atoms. The fourth-order valence-electron chi connectivity index (χ4n) is 2.34. The molecule has 5 nitrogen and oxygen atoms in total. The number of aromatic nitrogens is 2. The van der Waals surface area contributed by atoms with E-state index in [2.05, 4.69) is 5.10 Å². The molecule has 0 aliphatic carbocycles. The first kappa shape index (κ1) is 12.5. The average Bonchev–Trinajstić information content (AvgIpc) is 2.92. The topological polar surface area (TPSA) is 68.3 Å². The highest BCUT2D eigenvalue weighted by Gasteiger charge is 2.14. The predicted molar refractivity (Wildman–Crippen MR) is 74.8 cm³/mol. The van der Waals surface area contributed by atoms with Crippen molar-refractivity contribution >= 4 is 16.9 Å². The third-order valence-corrected chi connectivity index (χ3v) is 3.57. The molecular weight excluding hydrogens is 256 g/mol. The van der Waals surface area contributed by atoms with Crippen molar-refractivity contribution in [2.24, 2.45) is 7.05 Å². The standard InChI is InChI=1S/C15H14N2O3/c1-8-9(2)20-14-5-4-10(6-11(8)14)13-7-12(15(18)19)16-17(13)3/h4-7H,1-3H3,(H,18,19). The summed E-state index contributed by atoms with van der Waals surface area (Å²) in [6.45, 7) is 3.94. The zero-order valence-electron chi connectivity index (χ0n) is 11.5. The van der Waals surface area contributed by atoms with Gasteiger partial charge in [-0.05, 0) is 43.7 Å². The number of aryl methyl sites for hydroxylation is 3. The smallest absolute Gasteiger partial charge is 0.356 e. The lowest BCUT2D eigenvalue weighted by Gasteiger charge is -2.01. The molecule has 0 bridgehead atoms. The van der Waals surface area contributed by atoms with Crippen molar-refractivity contribution in [1.82, 2.24) is 9.78 Å². The van der Waals surface area contributed by atoms with E-state index in [4.69, 9.17) is 9.52 Å². The SMILES string of the molecule is Cc1oc2ccc(-c3cc(C(=O)O)nn3C)cc2c1C. The lowest BCUT2D eigenvalue weighted by atomic mass is 10.1. The molecule has 0 atom stereocenters. The molecule has 2 aromatic heterocycles. The molecule has 0 unspecified atom stereocenters. The second kappa shape index (κ2) is 4.23. The minimum Gasteiger partial charge on any atom is -0.476 e. The highest BCUT2D eigenvalue weighted by Crippen LogP contribution is 2.29.